The van der Waals surface area contributed by atoms with Crippen LogP contribution in [0.15, 0.2) is 18.2 Å². The van der Waals surface area contributed by atoms with Gasteiger partial charge in [0.25, 0.3) is 0 Å². The quantitative estimate of drug-likeness (QED) is 0.887. The monoisotopic (exact) mass is 244 g/mol. The van der Waals surface area contributed by atoms with Crippen molar-refractivity contribution in [2.45, 2.75) is 26.7 Å². The number of rotatable bonds is 4. The second-order valence-corrected chi connectivity index (χ2v) is 4.71. The van der Waals surface area contributed by atoms with Crippen molar-refractivity contribution >= 4 is 0 Å². The summed E-state index contributed by atoms with van der Waals surface area (Å²) in [6.07, 6.45) is 1.56. The molecule has 0 aliphatic heterocycles. The normalized spacial score (nSPS) is 10.9. The van der Waals surface area contributed by atoms with Crippen LogP contribution in [0.4, 0.5) is 0 Å². The Hall–Kier alpha value is -1.68. The lowest BCUT2D eigenvalue weighted by atomic mass is 10.0. The van der Waals surface area contributed by atoms with Gasteiger partial charge < -0.3 is 5.73 Å². The molecule has 4 nitrogen and oxygen atoms in total. The summed E-state index contributed by atoms with van der Waals surface area (Å²) in [5.74, 6) is 1.83. The summed E-state index contributed by atoms with van der Waals surface area (Å²) in [6.45, 7) is 4.83. The van der Waals surface area contributed by atoms with Crippen molar-refractivity contribution in [3.63, 3.8) is 0 Å². The lowest BCUT2D eigenvalue weighted by Crippen LogP contribution is -2.04. The smallest absolute Gasteiger partial charge is 0.152 e. The fourth-order valence-electron chi connectivity index (χ4n) is 2.02. The Labute approximate surface area is 108 Å². The Morgan fingerprint density at radius 2 is 2.06 bits per heavy atom. The Balaban J connectivity index is 2.25. The van der Waals surface area contributed by atoms with E-state index in [1.165, 1.54) is 16.7 Å². The highest BCUT2D eigenvalue weighted by atomic mass is 15.3. The van der Waals surface area contributed by atoms with Crippen molar-refractivity contribution in [1.29, 1.82) is 0 Å². The average molecular weight is 244 g/mol. The Morgan fingerprint density at radius 1 is 1.28 bits per heavy atom. The van der Waals surface area contributed by atoms with E-state index in [0.29, 0.717) is 6.54 Å². The third-order valence-corrected chi connectivity index (χ3v) is 3.12. The van der Waals surface area contributed by atoms with Gasteiger partial charge in [0.05, 0.1) is 0 Å². The lowest BCUT2D eigenvalue weighted by molar-refractivity contribution is 0.703. The molecule has 1 aromatic heterocycles. The van der Waals surface area contributed by atoms with Gasteiger partial charge >= 0.3 is 0 Å². The third-order valence-electron chi connectivity index (χ3n) is 3.12. The topological polar surface area (TPSA) is 56.7 Å². The zero-order chi connectivity index (χ0) is 13.1. The summed E-state index contributed by atoms with van der Waals surface area (Å²) in [4.78, 5) is 4.54. The first-order valence-electron chi connectivity index (χ1n) is 6.25. The highest BCUT2D eigenvalue weighted by molar-refractivity contribution is 5.32. The molecule has 0 radical (unpaired) electrons. The van der Waals surface area contributed by atoms with Crippen molar-refractivity contribution in [3.05, 3.63) is 46.5 Å². The van der Waals surface area contributed by atoms with E-state index in [0.717, 1.165) is 24.5 Å². The van der Waals surface area contributed by atoms with E-state index in [1.54, 1.807) is 0 Å². The van der Waals surface area contributed by atoms with E-state index >= 15 is 0 Å². The predicted molar refractivity (Wildman–Crippen MR) is 72.5 cm³/mol. The zero-order valence-electron chi connectivity index (χ0n) is 11.3. The van der Waals surface area contributed by atoms with Crippen LogP contribution in [-0.4, -0.2) is 21.3 Å². The fourth-order valence-corrected chi connectivity index (χ4v) is 2.02. The van der Waals surface area contributed by atoms with E-state index in [1.807, 2.05) is 11.7 Å². The highest BCUT2D eigenvalue weighted by Crippen LogP contribution is 2.14. The molecule has 0 saturated heterocycles. The second-order valence-electron chi connectivity index (χ2n) is 4.71. The second kappa shape index (κ2) is 5.31. The van der Waals surface area contributed by atoms with Crippen LogP contribution in [0.3, 0.4) is 0 Å². The van der Waals surface area contributed by atoms with Crippen molar-refractivity contribution in [2.24, 2.45) is 12.8 Å². The van der Waals surface area contributed by atoms with Crippen LogP contribution < -0.4 is 5.73 Å². The molecule has 0 fully saturated rings. The van der Waals surface area contributed by atoms with Crippen LogP contribution in [0, 0.1) is 13.8 Å². The van der Waals surface area contributed by atoms with Crippen LogP contribution in [0.2, 0.25) is 0 Å². The largest absolute Gasteiger partial charge is 0.330 e. The Kier molecular flexibility index (Phi) is 3.77. The van der Waals surface area contributed by atoms with E-state index in [4.69, 9.17) is 5.73 Å². The van der Waals surface area contributed by atoms with Crippen molar-refractivity contribution in [2.75, 3.05) is 6.54 Å². The van der Waals surface area contributed by atoms with Crippen molar-refractivity contribution < 1.29 is 0 Å². The number of hydrogen-bond donors (Lipinski definition) is 1. The van der Waals surface area contributed by atoms with Crippen LogP contribution in [-0.2, 0) is 19.9 Å². The van der Waals surface area contributed by atoms with Gasteiger partial charge in [0.1, 0.15) is 5.82 Å². The van der Waals surface area contributed by atoms with E-state index < -0.39 is 0 Å². The fraction of sp³-hybridized carbons (Fsp3) is 0.429. The summed E-state index contributed by atoms with van der Waals surface area (Å²) in [7, 11) is 1.94. The first-order chi connectivity index (χ1) is 8.60. The van der Waals surface area contributed by atoms with Gasteiger partial charge in [-0.25, -0.2) is 4.98 Å². The molecule has 0 bridgehead atoms. The maximum Gasteiger partial charge on any atom is 0.152 e. The number of aryl methyl sites for hydroxylation is 3. The molecule has 2 rings (SSSR count). The maximum atomic E-state index is 5.53. The van der Waals surface area contributed by atoms with Crippen LogP contribution in [0.25, 0.3) is 0 Å². The van der Waals surface area contributed by atoms with Crippen LogP contribution in [0.1, 0.15) is 28.3 Å². The van der Waals surface area contributed by atoms with E-state index in [-0.39, 0.29) is 0 Å². The summed E-state index contributed by atoms with van der Waals surface area (Å²) in [6, 6.07) is 6.50. The molecule has 96 valence electrons. The van der Waals surface area contributed by atoms with Gasteiger partial charge in [-0.05, 0) is 31.5 Å². The third kappa shape index (κ3) is 2.76. The Morgan fingerprint density at radius 3 is 2.78 bits per heavy atom. The molecule has 2 aromatic rings. The van der Waals surface area contributed by atoms with E-state index in [9.17, 15) is 0 Å². The molecule has 0 amide bonds. The first-order valence-corrected chi connectivity index (χ1v) is 6.25. The molecule has 1 aromatic carbocycles. The predicted octanol–water partition coefficient (Wildman–Crippen LogP) is 1.52. The summed E-state index contributed by atoms with van der Waals surface area (Å²) in [5, 5.41) is 4.37. The van der Waals surface area contributed by atoms with Gasteiger partial charge in [0.2, 0.25) is 0 Å². The van der Waals surface area contributed by atoms with E-state index in [2.05, 4.69) is 42.1 Å². The minimum atomic E-state index is 0.590. The number of hydrogen-bond acceptors (Lipinski definition) is 3. The van der Waals surface area contributed by atoms with Gasteiger partial charge in [-0.2, -0.15) is 5.10 Å². The van der Waals surface area contributed by atoms with Crippen LogP contribution >= 0.6 is 0 Å². The molecule has 0 saturated carbocycles. The molecular weight excluding hydrogens is 224 g/mol. The molecule has 0 spiro atoms. The lowest BCUT2D eigenvalue weighted by Gasteiger charge is -2.06. The van der Waals surface area contributed by atoms with Gasteiger partial charge in [0.15, 0.2) is 5.82 Å². The molecule has 4 heteroatoms. The summed E-state index contributed by atoms with van der Waals surface area (Å²) >= 11 is 0. The summed E-state index contributed by atoms with van der Waals surface area (Å²) in [5.41, 5.74) is 9.41. The number of nitrogens with zero attached hydrogens (tertiary/aromatic N) is 3. The first kappa shape index (κ1) is 12.8. The molecule has 0 aliphatic rings. The molecule has 0 atom stereocenters. The highest BCUT2D eigenvalue weighted by Gasteiger charge is 2.09. The number of nitrogens with two attached hydrogens (primary N) is 1. The zero-order valence-corrected chi connectivity index (χ0v) is 11.3. The molecule has 2 N–H and O–H groups in total. The molecule has 18 heavy (non-hydrogen) atoms. The molecule has 1 heterocycles. The average Bonchev–Trinajstić information content (AvgIpc) is 2.65. The van der Waals surface area contributed by atoms with Gasteiger partial charge in [-0.1, -0.05) is 23.8 Å². The minimum absolute atomic E-state index is 0.590. The standard InChI is InChI=1S/C14H20N4/c1-10-4-5-11(2)12(8-10)9-14-16-13(6-7-15)17-18(14)3/h4-5,8H,6-7,9,15H2,1-3H3. The van der Waals surface area contributed by atoms with Crippen LogP contribution in [0.5, 0.6) is 0 Å². The molecule has 0 aliphatic carbocycles. The van der Waals surface area contributed by atoms with Gasteiger partial charge in [-0.3, -0.25) is 4.68 Å². The van der Waals surface area contributed by atoms with Gasteiger partial charge in [-0.15, -0.1) is 0 Å². The van der Waals surface area contributed by atoms with Gasteiger partial charge in [0, 0.05) is 19.9 Å². The summed E-state index contributed by atoms with van der Waals surface area (Å²) < 4.78 is 1.85. The number of aromatic nitrogens is 3. The molecule has 0 unspecified atom stereocenters. The SMILES string of the molecule is Cc1ccc(C)c(Cc2nc(CCN)nn2C)c1. The van der Waals surface area contributed by atoms with Crippen molar-refractivity contribution in [1.82, 2.24) is 14.8 Å². The minimum Gasteiger partial charge on any atom is -0.330 e. The number of benzene rings is 1. The van der Waals surface area contributed by atoms with Crippen molar-refractivity contribution in [3.8, 4) is 0 Å². The molecular formula is C14H20N4. The maximum absolute atomic E-state index is 5.53. The Bertz CT molecular complexity index is 543.